The number of aromatic nitrogens is 1. The molecule has 0 N–H and O–H groups in total. The van der Waals surface area contributed by atoms with Gasteiger partial charge in [0.15, 0.2) is 0 Å². The molecule has 0 bridgehead atoms. The molecular formula is C52H32N2S2. The van der Waals surface area contributed by atoms with Crippen LogP contribution in [0.3, 0.4) is 0 Å². The van der Waals surface area contributed by atoms with Gasteiger partial charge in [-0.3, -0.25) is 0 Å². The average Bonchev–Trinajstić information content (AvgIpc) is 3.81. The first-order chi connectivity index (χ1) is 27.7. The summed E-state index contributed by atoms with van der Waals surface area (Å²) >= 11 is 3.75. The molecule has 0 radical (unpaired) electrons. The fraction of sp³-hybridized carbons (Fsp3) is 0. The zero-order valence-electron chi connectivity index (χ0n) is 30.2. The van der Waals surface area contributed by atoms with Crippen LogP contribution in [-0.2, 0) is 0 Å². The molecule has 2 nitrogen and oxygen atoms in total. The summed E-state index contributed by atoms with van der Waals surface area (Å²) in [4.78, 5) is 4.92. The largest absolute Gasteiger partial charge is 0.309 e. The Hall–Kier alpha value is -6.59. The summed E-state index contributed by atoms with van der Waals surface area (Å²) in [6, 6.07) is 71.4. The summed E-state index contributed by atoms with van der Waals surface area (Å²) in [5.74, 6) is 0. The summed E-state index contributed by atoms with van der Waals surface area (Å²) in [5, 5.41) is 7.77. The highest BCUT2D eigenvalue weighted by molar-refractivity contribution is 7.99. The van der Waals surface area contributed by atoms with Gasteiger partial charge in [-0.1, -0.05) is 133 Å². The van der Waals surface area contributed by atoms with Gasteiger partial charge in [0.2, 0.25) is 0 Å². The van der Waals surface area contributed by atoms with Gasteiger partial charge in [-0.15, -0.1) is 11.3 Å². The van der Waals surface area contributed by atoms with Gasteiger partial charge in [0.25, 0.3) is 0 Å². The van der Waals surface area contributed by atoms with Crippen molar-refractivity contribution in [1.82, 2.24) is 4.57 Å². The number of nitrogens with zero attached hydrogens (tertiary/aromatic N) is 2. The molecule has 12 rings (SSSR count). The van der Waals surface area contributed by atoms with Gasteiger partial charge in [-0.25, -0.2) is 0 Å². The molecule has 9 aromatic carbocycles. The molecule has 3 heterocycles. The summed E-state index contributed by atoms with van der Waals surface area (Å²) in [7, 11) is 0. The number of para-hydroxylation sites is 2. The molecule has 1 aliphatic rings. The Kier molecular flexibility index (Phi) is 7.07. The molecule has 262 valence electrons. The molecule has 0 spiro atoms. The van der Waals surface area contributed by atoms with E-state index in [4.69, 9.17) is 0 Å². The molecule has 56 heavy (non-hydrogen) atoms. The maximum atomic E-state index is 2.43. The molecule has 0 fully saturated rings. The highest BCUT2D eigenvalue weighted by Gasteiger charge is 2.26. The highest BCUT2D eigenvalue weighted by Crippen LogP contribution is 2.52. The summed E-state index contributed by atoms with van der Waals surface area (Å²) < 4.78 is 5.13. The molecule has 0 saturated heterocycles. The molecule has 0 saturated carbocycles. The number of hydrogen-bond donors (Lipinski definition) is 0. The van der Waals surface area contributed by atoms with Crippen molar-refractivity contribution in [2.45, 2.75) is 9.79 Å². The van der Waals surface area contributed by atoms with E-state index in [2.05, 4.69) is 204 Å². The second-order valence-corrected chi connectivity index (χ2v) is 16.7. The van der Waals surface area contributed by atoms with Gasteiger partial charge in [-0.2, -0.15) is 0 Å². The van der Waals surface area contributed by atoms with Crippen molar-refractivity contribution >= 4 is 92.9 Å². The normalized spacial score (nSPS) is 12.5. The van der Waals surface area contributed by atoms with E-state index in [-0.39, 0.29) is 0 Å². The molecule has 2 aromatic heterocycles. The quantitative estimate of drug-likeness (QED) is 0.177. The van der Waals surface area contributed by atoms with Crippen molar-refractivity contribution in [2.75, 3.05) is 4.90 Å². The Morgan fingerprint density at radius 1 is 0.357 bits per heavy atom. The second-order valence-electron chi connectivity index (χ2n) is 14.5. The third-order valence-corrected chi connectivity index (χ3v) is 13.7. The zero-order valence-corrected chi connectivity index (χ0v) is 31.8. The molecule has 1 aliphatic heterocycles. The van der Waals surface area contributed by atoms with E-state index >= 15 is 0 Å². The van der Waals surface area contributed by atoms with Gasteiger partial charge < -0.3 is 9.47 Å². The molecule has 11 aromatic rings. The van der Waals surface area contributed by atoms with Crippen molar-refractivity contribution in [3.8, 4) is 27.9 Å². The third kappa shape index (κ3) is 4.90. The number of benzene rings is 9. The summed E-state index contributed by atoms with van der Waals surface area (Å²) in [6.07, 6.45) is 0. The lowest BCUT2D eigenvalue weighted by atomic mass is 10.0. The van der Waals surface area contributed by atoms with Crippen LogP contribution >= 0.6 is 23.1 Å². The minimum absolute atomic E-state index is 1.16. The molecular weight excluding hydrogens is 717 g/mol. The minimum Gasteiger partial charge on any atom is -0.309 e. The Morgan fingerprint density at radius 3 is 2.02 bits per heavy atom. The predicted molar refractivity (Wildman–Crippen MR) is 241 cm³/mol. The number of hydrogen-bond acceptors (Lipinski definition) is 3. The molecule has 4 heteroatoms. The fourth-order valence-corrected chi connectivity index (χ4v) is 11.1. The van der Waals surface area contributed by atoms with Gasteiger partial charge in [0.1, 0.15) is 0 Å². The molecule has 0 aliphatic carbocycles. The van der Waals surface area contributed by atoms with Gasteiger partial charge in [-0.05, 0) is 106 Å². The van der Waals surface area contributed by atoms with E-state index in [1.54, 1.807) is 0 Å². The monoisotopic (exact) mass is 748 g/mol. The van der Waals surface area contributed by atoms with Crippen LogP contribution in [0.5, 0.6) is 0 Å². The third-order valence-electron chi connectivity index (χ3n) is 11.3. The molecule has 0 unspecified atom stereocenters. The second kappa shape index (κ2) is 12.5. The van der Waals surface area contributed by atoms with E-state index in [1.165, 1.54) is 102 Å². The number of rotatable bonds is 4. The number of anilines is 3. The van der Waals surface area contributed by atoms with Crippen LogP contribution in [0.4, 0.5) is 17.1 Å². The first-order valence-electron chi connectivity index (χ1n) is 19.0. The molecule has 0 atom stereocenters. The van der Waals surface area contributed by atoms with Gasteiger partial charge >= 0.3 is 0 Å². The Bertz CT molecular complexity index is 3360. The smallest absolute Gasteiger partial charge is 0.0602 e. The lowest BCUT2D eigenvalue weighted by molar-refractivity contribution is 1.17. The van der Waals surface area contributed by atoms with E-state index in [0.717, 1.165) is 5.69 Å². The minimum atomic E-state index is 1.16. The van der Waals surface area contributed by atoms with Gasteiger partial charge in [0, 0.05) is 52.1 Å². The first kappa shape index (κ1) is 31.7. The van der Waals surface area contributed by atoms with Gasteiger partial charge in [0.05, 0.1) is 22.4 Å². The van der Waals surface area contributed by atoms with Crippen LogP contribution in [0.25, 0.3) is 80.7 Å². The van der Waals surface area contributed by atoms with Crippen molar-refractivity contribution in [1.29, 1.82) is 0 Å². The summed E-state index contributed by atoms with van der Waals surface area (Å²) in [6.45, 7) is 0. The van der Waals surface area contributed by atoms with Crippen LogP contribution in [0.2, 0.25) is 0 Å². The number of thiophene rings is 1. The van der Waals surface area contributed by atoms with Crippen LogP contribution in [0.15, 0.2) is 204 Å². The number of fused-ring (bicyclic) bond motifs is 10. The maximum Gasteiger partial charge on any atom is 0.0602 e. The SMILES string of the molecule is c1ccc(-c2cccc(N3c4ccccc4Sc4cc(-c5ccc6c(c5)c5ccccc5n6-c5ccc6c(ccc7c8ccccc8sc67)c5)ccc43)c2)cc1. The van der Waals surface area contributed by atoms with Crippen molar-refractivity contribution in [2.24, 2.45) is 0 Å². The van der Waals surface area contributed by atoms with Crippen molar-refractivity contribution in [3.05, 3.63) is 194 Å². The van der Waals surface area contributed by atoms with Crippen LogP contribution in [0.1, 0.15) is 0 Å². The van der Waals surface area contributed by atoms with Crippen molar-refractivity contribution < 1.29 is 0 Å². The Balaban J connectivity index is 0.967. The Morgan fingerprint density at radius 2 is 1.07 bits per heavy atom. The van der Waals surface area contributed by atoms with Crippen LogP contribution in [-0.4, -0.2) is 4.57 Å². The van der Waals surface area contributed by atoms with E-state index in [9.17, 15) is 0 Å². The summed E-state index contributed by atoms with van der Waals surface area (Å²) in [5.41, 5.74) is 12.0. The molecule has 0 amide bonds. The maximum absolute atomic E-state index is 2.43. The van der Waals surface area contributed by atoms with Crippen LogP contribution in [0, 0.1) is 0 Å². The zero-order chi connectivity index (χ0) is 36.7. The van der Waals surface area contributed by atoms with E-state index in [0.29, 0.717) is 0 Å². The topological polar surface area (TPSA) is 8.17 Å². The van der Waals surface area contributed by atoms with E-state index < -0.39 is 0 Å². The van der Waals surface area contributed by atoms with Crippen LogP contribution < -0.4 is 4.90 Å². The lowest BCUT2D eigenvalue weighted by Gasteiger charge is -2.33. The Labute approximate surface area is 332 Å². The predicted octanol–water partition coefficient (Wildman–Crippen LogP) is 15.6. The van der Waals surface area contributed by atoms with E-state index in [1.807, 2.05) is 23.1 Å². The van der Waals surface area contributed by atoms with Crippen molar-refractivity contribution in [3.63, 3.8) is 0 Å². The fourth-order valence-electron chi connectivity index (χ4n) is 8.74. The first-order valence-corrected chi connectivity index (χ1v) is 20.6. The lowest BCUT2D eigenvalue weighted by Crippen LogP contribution is -2.14. The standard InChI is InChI=1S/C52H32N2S2/c1-2-11-33(12-3-1)34-13-10-14-38(29-34)54-47-18-7-9-20-50(47)55-51-32-36(23-28-48(51)54)35-22-27-46-44(31-35)41-15-4-6-17-45(41)53(46)39-24-26-40-37(30-39)21-25-43-42-16-5-8-19-49(42)56-52(40)43/h1-32H. The average molecular weight is 749 g/mol. The highest BCUT2D eigenvalue weighted by atomic mass is 32.2.